The Bertz CT molecular complexity index is 563. The molecule has 18 heavy (non-hydrogen) atoms. The molecule has 0 bridgehead atoms. The molecular weight excluding hydrogens is 299 g/mol. The molecule has 1 fully saturated rings. The van der Waals surface area contributed by atoms with E-state index in [-0.39, 0.29) is 5.82 Å². The van der Waals surface area contributed by atoms with Crippen molar-refractivity contribution >= 4 is 15.9 Å². The number of hydrogen-bond donors (Lipinski definition) is 0. The highest BCUT2D eigenvalue weighted by atomic mass is 79.9. The van der Waals surface area contributed by atoms with Crippen LogP contribution in [0.1, 0.15) is 37.4 Å². The van der Waals surface area contributed by atoms with Gasteiger partial charge in [0.25, 0.3) is 0 Å². The molecule has 1 aliphatic carbocycles. The van der Waals surface area contributed by atoms with Gasteiger partial charge >= 0.3 is 0 Å². The molecule has 0 saturated heterocycles. The van der Waals surface area contributed by atoms with Crippen molar-refractivity contribution in [1.29, 1.82) is 0 Å². The lowest BCUT2D eigenvalue weighted by Gasteiger charge is -2.10. The van der Waals surface area contributed by atoms with Crippen molar-refractivity contribution in [2.45, 2.75) is 31.6 Å². The van der Waals surface area contributed by atoms with Gasteiger partial charge in [-0.05, 0) is 51.3 Å². The van der Waals surface area contributed by atoms with Gasteiger partial charge in [-0.1, -0.05) is 12.8 Å². The quantitative estimate of drug-likeness (QED) is 0.855. The lowest BCUT2D eigenvalue weighted by atomic mass is 10.1. The maximum atomic E-state index is 13.3. The van der Waals surface area contributed by atoms with Gasteiger partial charge in [0.1, 0.15) is 5.82 Å². The SMILES string of the molecule is Fc1ccc(Br)c(-n2nnnc2C2CCCC2)c1. The van der Waals surface area contributed by atoms with Crippen molar-refractivity contribution in [3.8, 4) is 5.69 Å². The van der Waals surface area contributed by atoms with E-state index in [4.69, 9.17) is 0 Å². The van der Waals surface area contributed by atoms with E-state index in [1.165, 1.54) is 25.0 Å². The van der Waals surface area contributed by atoms with E-state index in [2.05, 4.69) is 31.5 Å². The highest BCUT2D eigenvalue weighted by Crippen LogP contribution is 2.34. The van der Waals surface area contributed by atoms with Crippen LogP contribution in [0.2, 0.25) is 0 Å². The monoisotopic (exact) mass is 310 g/mol. The Morgan fingerprint density at radius 3 is 2.83 bits per heavy atom. The van der Waals surface area contributed by atoms with Gasteiger partial charge in [-0.25, -0.2) is 4.39 Å². The molecular formula is C12H12BrFN4. The molecule has 0 radical (unpaired) electrons. The van der Waals surface area contributed by atoms with Crippen LogP contribution in [-0.2, 0) is 0 Å². The molecule has 0 N–H and O–H groups in total. The van der Waals surface area contributed by atoms with Crippen LogP contribution in [0.5, 0.6) is 0 Å². The molecule has 0 spiro atoms. The summed E-state index contributed by atoms with van der Waals surface area (Å²) in [4.78, 5) is 0. The predicted molar refractivity (Wildman–Crippen MR) is 68.0 cm³/mol. The molecule has 6 heteroatoms. The topological polar surface area (TPSA) is 43.6 Å². The second-order valence-corrected chi connectivity index (χ2v) is 5.38. The first-order valence-corrected chi connectivity index (χ1v) is 6.78. The minimum atomic E-state index is -0.291. The fourth-order valence-corrected chi connectivity index (χ4v) is 2.87. The molecule has 0 atom stereocenters. The fraction of sp³-hybridized carbons (Fsp3) is 0.417. The first kappa shape index (κ1) is 11.8. The van der Waals surface area contributed by atoms with Gasteiger partial charge in [-0.2, -0.15) is 4.68 Å². The van der Waals surface area contributed by atoms with Crippen molar-refractivity contribution in [1.82, 2.24) is 20.2 Å². The molecule has 1 heterocycles. The van der Waals surface area contributed by atoms with Crippen LogP contribution in [0, 0.1) is 5.82 Å². The van der Waals surface area contributed by atoms with Gasteiger partial charge in [0, 0.05) is 16.5 Å². The number of halogens is 2. The summed E-state index contributed by atoms with van der Waals surface area (Å²) in [7, 11) is 0. The smallest absolute Gasteiger partial charge is 0.159 e. The molecule has 1 aromatic heterocycles. The lowest BCUT2D eigenvalue weighted by molar-refractivity contribution is 0.614. The van der Waals surface area contributed by atoms with Crippen molar-refractivity contribution < 1.29 is 4.39 Å². The maximum absolute atomic E-state index is 13.3. The Morgan fingerprint density at radius 1 is 1.28 bits per heavy atom. The lowest BCUT2D eigenvalue weighted by Crippen LogP contribution is -2.07. The Kier molecular flexibility index (Phi) is 3.11. The summed E-state index contributed by atoms with van der Waals surface area (Å²) in [5, 5.41) is 11.8. The third kappa shape index (κ3) is 2.05. The second kappa shape index (κ2) is 4.76. The van der Waals surface area contributed by atoms with Gasteiger partial charge in [0.15, 0.2) is 5.82 Å². The normalized spacial score (nSPS) is 16.3. The van der Waals surface area contributed by atoms with E-state index in [1.54, 1.807) is 10.7 Å². The molecule has 2 aromatic rings. The fourth-order valence-electron chi connectivity index (χ4n) is 2.45. The summed E-state index contributed by atoms with van der Waals surface area (Å²) in [6, 6.07) is 4.52. The maximum Gasteiger partial charge on any atom is 0.159 e. The van der Waals surface area contributed by atoms with E-state index >= 15 is 0 Å². The Hall–Kier alpha value is -1.30. The summed E-state index contributed by atoms with van der Waals surface area (Å²) >= 11 is 3.41. The number of tetrazole rings is 1. The molecule has 3 rings (SSSR count). The van der Waals surface area contributed by atoms with Crippen molar-refractivity contribution in [2.24, 2.45) is 0 Å². The van der Waals surface area contributed by atoms with Crippen LogP contribution < -0.4 is 0 Å². The van der Waals surface area contributed by atoms with Crippen LogP contribution in [0.15, 0.2) is 22.7 Å². The zero-order valence-corrected chi connectivity index (χ0v) is 11.3. The van der Waals surface area contributed by atoms with Crippen LogP contribution >= 0.6 is 15.9 Å². The Morgan fingerprint density at radius 2 is 2.06 bits per heavy atom. The van der Waals surface area contributed by atoms with Crippen molar-refractivity contribution in [2.75, 3.05) is 0 Å². The van der Waals surface area contributed by atoms with Gasteiger partial charge in [-0.15, -0.1) is 5.10 Å². The average Bonchev–Trinajstić information content (AvgIpc) is 3.00. The van der Waals surface area contributed by atoms with Crippen LogP contribution in [-0.4, -0.2) is 20.2 Å². The van der Waals surface area contributed by atoms with Gasteiger partial charge in [0.05, 0.1) is 5.69 Å². The molecule has 94 valence electrons. The van der Waals surface area contributed by atoms with Gasteiger partial charge in [-0.3, -0.25) is 0 Å². The number of rotatable bonds is 2. The van der Waals surface area contributed by atoms with Crippen LogP contribution in [0.4, 0.5) is 4.39 Å². The predicted octanol–water partition coefficient (Wildman–Crippen LogP) is 3.22. The molecule has 4 nitrogen and oxygen atoms in total. The molecule has 0 amide bonds. The number of benzene rings is 1. The second-order valence-electron chi connectivity index (χ2n) is 4.53. The van der Waals surface area contributed by atoms with Crippen molar-refractivity contribution in [3.63, 3.8) is 0 Å². The molecule has 0 unspecified atom stereocenters. The number of hydrogen-bond acceptors (Lipinski definition) is 3. The minimum absolute atomic E-state index is 0.291. The zero-order valence-electron chi connectivity index (χ0n) is 9.68. The van der Waals surface area contributed by atoms with Gasteiger partial charge in [0.2, 0.25) is 0 Å². The molecule has 1 saturated carbocycles. The van der Waals surface area contributed by atoms with Gasteiger partial charge < -0.3 is 0 Å². The molecule has 0 aliphatic heterocycles. The third-order valence-corrected chi connectivity index (χ3v) is 4.02. The standard InChI is InChI=1S/C12H12BrFN4/c13-10-6-5-9(14)7-11(10)18-12(15-16-17-18)8-3-1-2-4-8/h5-8H,1-4H2. The largest absolute Gasteiger partial charge is 0.207 e. The minimum Gasteiger partial charge on any atom is -0.207 e. The Balaban J connectivity index is 2.06. The summed E-state index contributed by atoms with van der Waals surface area (Å²) in [5.74, 6) is 0.926. The van der Waals surface area contributed by atoms with E-state index < -0.39 is 0 Å². The summed E-state index contributed by atoms with van der Waals surface area (Å²) in [6.45, 7) is 0. The first-order chi connectivity index (χ1) is 8.75. The molecule has 1 aliphatic rings. The van der Waals surface area contributed by atoms with Crippen molar-refractivity contribution in [3.05, 3.63) is 34.3 Å². The van der Waals surface area contributed by atoms with E-state index in [0.717, 1.165) is 23.1 Å². The average molecular weight is 311 g/mol. The highest BCUT2D eigenvalue weighted by molar-refractivity contribution is 9.10. The van der Waals surface area contributed by atoms with Crippen LogP contribution in [0.3, 0.4) is 0 Å². The summed E-state index contributed by atoms with van der Waals surface area (Å²) < 4.78 is 15.8. The van der Waals surface area contributed by atoms with E-state index in [9.17, 15) is 4.39 Å². The highest BCUT2D eigenvalue weighted by Gasteiger charge is 2.24. The first-order valence-electron chi connectivity index (χ1n) is 5.99. The summed E-state index contributed by atoms with van der Waals surface area (Å²) in [6.07, 6.45) is 4.63. The van der Waals surface area contributed by atoms with E-state index in [1.807, 2.05) is 0 Å². The number of nitrogens with zero attached hydrogens (tertiary/aromatic N) is 4. The zero-order chi connectivity index (χ0) is 12.5. The Labute approximate surface area is 112 Å². The summed E-state index contributed by atoms with van der Waals surface area (Å²) in [5.41, 5.74) is 0.655. The van der Waals surface area contributed by atoms with E-state index in [0.29, 0.717) is 11.6 Å². The third-order valence-electron chi connectivity index (χ3n) is 3.35. The van der Waals surface area contributed by atoms with Crippen LogP contribution in [0.25, 0.3) is 5.69 Å². The number of aromatic nitrogens is 4. The molecule has 1 aromatic carbocycles.